The molecule has 7 nitrogen and oxygen atoms in total. The Morgan fingerprint density at radius 2 is 2.06 bits per heavy atom. The van der Waals surface area contributed by atoms with Crippen LogP contribution in [0, 0.1) is 17.8 Å². The van der Waals surface area contributed by atoms with Crippen molar-refractivity contribution in [3.63, 3.8) is 0 Å². The van der Waals surface area contributed by atoms with Crippen molar-refractivity contribution in [3.8, 4) is 0 Å². The smallest absolute Gasteiger partial charge is 0.408 e. The topological polar surface area (TPSA) is 71.8 Å². The van der Waals surface area contributed by atoms with Gasteiger partial charge in [-0.25, -0.2) is 8.78 Å². The Kier molecular flexibility index (Phi) is 6.47. The SMILES string of the molecule is CC1CC(C2C=NC=C(OCC(F)F)C2)NC2C1C(=O)N(c1cnn(CC(F)(F)F)c1)[C@@H]2C. The molecule has 3 aliphatic rings. The number of anilines is 1. The summed E-state index contributed by atoms with van der Waals surface area (Å²) in [5.41, 5.74) is 0.335. The lowest BCUT2D eigenvalue weighted by atomic mass is 9.75. The summed E-state index contributed by atoms with van der Waals surface area (Å²) in [5.74, 6) is -0.148. The van der Waals surface area contributed by atoms with E-state index in [1.807, 2.05) is 13.8 Å². The molecule has 1 amide bonds. The number of rotatable bonds is 6. The summed E-state index contributed by atoms with van der Waals surface area (Å²) in [6.45, 7) is 1.93. The maximum absolute atomic E-state index is 13.2. The Morgan fingerprint density at radius 3 is 2.76 bits per heavy atom. The highest BCUT2D eigenvalue weighted by molar-refractivity contribution is 5.99. The molecule has 4 rings (SSSR count). The van der Waals surface area contributed by atoms with Crippen LogP contribution in [0.1, 0.15) is 26.7 Å². The summed E-state index contributed by atoms with van der Waals surface area (Å²) in [6, 6.07) is -0.573. The maximum atomic E-state index is 13.2. The number of aliphatic imine (C=N–C) groups is 1. The second kappa shape index (κ2) is 9.03. The Labute approximate surface area is 187 Å². The van der Waals surface area contributed by atoms with Crippen LogP contribution < -0.4 is 10.2 Å². The summed E-state index contributed by atoms with van der Waals surface area (Å²) in [6.07, 6.45) is -0.155. The van der Waals surface area contributed by atoms with E-state index in [9.17, 15) is 26.7 Å². The van der Waals surface area contributed by atoms with Gasteiger partial charge in [0.15, 0.2) is 0 Å². The van der Waals surface area contributed by atoms with Crippen LogP contribution >= 0.6 is 0 Å². The van der Waals surface area contributed by atoms with Crippen LogP contribution in [0.25, 0.3) is 0 Å². The molecule has 182 valence electrons. The third-order valence-corrected chi connectivity index (χ3v) is 6.57. The van der Waals surface area contributed by atoms with E-state index >= 15 is 0 Å². The number of hydrogen-bond donors (Lipinski definition) is 1. The van der Waals surface area contributed by atoms with Crippen LogP contribution in [0.4, 0.5) is 27.6 Å². The fourth-order valence-electron chi connectivity index (χ4n) is 5.17. The van der Waals surface area contributed by atoms with Crippen molar-refractivity contribution >= 4 is 17.8 Å². The predicted molar refractivity (Wildman–Crippen MR) is 110 cm³/mol. The van der Waals surface area contributed by atoms with Gasteiger partial charge in [0.25, 0.3) is 6.43 Å². The molecule has 0 saturated carbocycles. The quantitative estimate of drug-likeness (QED) is 0.641. The lowest BCUT2D eigenvalue weighted by molar-refractivity contribution is -0.142. The molecular formula is C21H26F5N5O2. The highest BCUT2D eigenvalue weighted by Gasteiger charge is 2.53. The van der Waals surface area contributed by atoms with E-state index in [0.29, 0.717) is 24.3 Å². The summed E-state index contributed by atoms with van der Waals surface area (Å²) >= 11 is 0. The van der Waals surface area contributed by atoms with Crippen molar-refractivity contribution in [2.24, 2.45) is 22.7 Å². The lowest BCUT2D eigenvalue weighted by Crippen LogP contribution is -2.56. The number of alkyl halides is 5. The van der Waals surface area contributed by atoms with Crippen LogP contribution in [0.2, 0.25) is 0 Å². The first-order chi connectivity index (χ1) is 15.5. The van der Waals surface area contributed by atoms with Gasteiger partial charge in [-0.05, 0) is 19.3 Å². The van der Waals surface area contributed by atoms with Gasteiger partial charge in [-0.1, -0.05) is 6.92 Å². The van der Waals surface area contributed by atoms with Crippen molar-refractivity contribution in [2.75, 3.05) is 11.5 Å². The molecule has 0 aromatic carbocycles. The van der Waals surface area contributed by atoms with Crippen molar-refractivity contribution in [1.82, 2.24) is 15.1 Å². The summed E-state index contributed by atoms with van der Waals surface area (Å²) in [4.78, 5) is 18.9. The number of aromatic nitrogens is 2. The van der Waals surface area contributed by atoms with Gasteiger partial charge in [-0.15, -0.1) is 0 Å². The first-order valence-corrected chi connectivity index (χ1v) is 10.8. The van der Waals surface area contributed by atoms with Gasteiger partial charge in [0.2, 0.25) is 5.91 Å². The van der Waals surface area contributed by atoms with Crippen LogP contribution in [-0.2, 0) is 16.1 Å². The number of amides is 1. The molecule has 1 aromatic heterocycles. The Balaban J connectivity index is 1.46. The van der Waals surface area contributed by atoms with Gasteiger partial charge in [-0.2, -0.15) is 18.3 Å². The van der Waals surface area contributed by atoms with E-state index in [1.165, 1.54) is 23.5 Å². The summed E-state index contributed by atoms with van der Waals surface area (Å²) < 4.78 is 69.0. The number of hydrogen-bond acceptors (Lipinski definition) is 5. The molecule has 2 fully saturated rings. The van der Waals surface area contributed by atoms with E-state index in [0.717, 1.165) is 4.68 Å². The first kappa shape index (κ1) is 23.7. The second-order valence-corrected chi connectivity index (χ2v) is 8.96. The lowest BCUT2D eigenvalue weighted by Gasteiger charge is -2.41. The number of fused-ring (bicyclic) bond motifs is 1. The molecular weight excluding hydrogens is 449 g/mol. The number of ether oxygens (including phenoxy) is 1. The highest BCUT2D eigenvalue weighted by atomic mass is 19.4. The van der Waals surface area contributed by atoms with Gasteiger partial charge in [-0.3, -0.25) is 14.5 Å². The number of piperidine rings is 1. The third-order valence-electron chi connectivity index (χ3n) is 6.57. The van der Waals surface area contributed by atoms with Gasteiger partial charge in [0, 0.05) is 36.8 Å². The number of nitrogens with one attached hydrogen (secondary N) is 1. The first-order valence-electron chi connectivity index (χ1n) is 10.8. The average Bonchev–Trinajstić information content (AvgIpc) is 3.27. The Hall–Kier alpha value is -2.50. The number of allylic oxidation sites excluding steroid dienone is 1. The molecule has 12 heteroatoms. The van der Waals surface area contributed by atoms with Gasteiger partial charge < -0.3 is 15.0 Å². The zero-order valence-electron chi connectivity index (χ0n) is 18.2. The van der Waals surface area contributed by atoms with Crippen LogP contribution in [0.5, 0.6) is 0 Å². The van der Waals surface area contributed by atoms with E-state index in [4.69, 9.17) is 4.74 Å². The van der Waals surface area contributed by atoms with Crippen molar-refractivity contribution in [1.29, 1.82) is 0 Å². The highest BCUT2D eigenvalue weighted by Crippen LogP contribution is 2.41. The van der Waals surface area contributed by atoms with Gasteiger partial charge in [0.05, 0.1) is 30.0 Å². The van der Waals surface area contributed by atoms with Gasteiger partial charge >= 0.3 is 6.18 Å². The molecule has 1 N–H and O–H groups in total. The predicted octanol–water partition coefficient (Wildman–Crippen LogP) is 3.38. The van der Waals surface area contributed by atoms with Crippen molar-refractivity contribution in [2.45, 2.75) is 64.0 Å². The maximum Gasteiger partial charge on any atom is 0.408 e. The van der Waals surface area contributed by atoms with Gasteiger partial charge in [0.1, 0.15) is 18.9 Å². The number of nitrogens with zero attached hydrogens (tertiary/aromatic N) is 4. The Morgan fingerprint density at radius 1 is 1.30 bits per heavy atom. The summed E-state index contributed by atoms with van der Waals surface area (Å²) in [7, 11) is 0. The second-order valence-electron chi connectivity index (χ2n) is 8.96. The fraction of sp³-hybridized carbons (Fsp3) is 0.667. The zero-order chi connectivity index (χ0) is 23.9. The van der Waals surface area contributed by atoms with E-state index < -0.39 is 25.8 Å². The van der Waals surface area contributed by atoms with E-state index in [2.05, 4.69) is 15.4 Å². The minimum atomic E-state index is -4.41. The third kappa shape index (κ3) is 5.04. The van der Waals surface area contributed by atoms with E-state index in [-0.39, 0.29) is 41.8 Å². The average molecular weight is 475 g/mol. The standard InChI is InChI=1S/C21H26F5N5O2/c1-11-3-16(13-4-15(7-27-5-13)33-9-17(22)23)29-19-12(2)31(20(32)18(11)19)14-6-28-30(8-14)10-21(24,25)26/h5-8,11-13,16-19,29H,3-4,9-10H2,1-2H3/t11?,12-,13?,16?,18?,19?/m1/s1. The van der Waals surface area contributed by atoms with E-state index in [1.54, 1.807) is 6.21 Å². The molecule has 2 saturated heterocycles. The monoisotopic (exact) mass is 475 g/mol. The molecule has 4 heterocycles. The van der Waals surface area contributed by atoms with Crippen LogP contribution in [-0.4, -0.2) is 59.2 Å². The molecule has 0 spiro atoms. The summed E-state index contributed by atoms with van der Waals surface area (Å²) in [5, 5.41) is 7.30. The zero-order valence-corrected chi connectivity index (χ0v) is 18.2. The molecule has 3 aliphatic heterocycles. The number of carbonyl (C=O) groups is 1. The minimum Gasteiger partial charge on any atom is -0.490 e. The molecule has 0 bridgehead atoms. The van der Waals surface area contributed by atoms with Crippen molar-refractivity contribution < 1.29 is 31.5 Å². The molecule has 5 unspecified atom stereocenters. The minimum absolute atomic E-state index is 0.0103. The molecule has 0 aliphatic carbocycles. The molecule has 6 atom stereocenters. The fourth-order valence-corrected chi connectivity index (χ4v) is 5.17. The molecule has 1 aromatic rings. The number of halogens is 5. The van der Waals surface area contributed by atoms with Crippen molar-refractivity contribution in [3.05, 3.63) is 24.4 Å². The normalized spacial score (nSPS) is 32.3. The van der Waals surface area contributed by atoms with Crippen LogP contribution in [0.3, 0.4) is 0 Å². The largest absolute Gasteiger partial charge is 0.490 e. The molecule has 0 radical (unpaired) electrons. The van der Waals surface area contributed by atoms with Crippen LogP contribution in [0.15, 0.2) is 29.3 Å². The number of carbonyl (C=O) groups excluding carboxylic acids is 1. The molecule has 33 heavy (non-hydrogen) atoms. The Bertz CT molecular complexity index is 930.